The lowest BCUT2D eigenvalue weighted by Crippen LogP contribution is -2.05. The van der Waals surface area contributed by atoms with Gasteiger partial charge in [0.1, 0.15) is 12.1 Å². The van der Waals surface area contributed by atoms with Crippen LogP contribution in [-0.2, 0) is 15.8 Å². The van der Waals surface area contributed by atoms with Gasteiger partial charge in [-0.2, -0.15) is 0 Å². The molecule has 1 N–H and O–H groups in total. The van der Waals surface area contributed by atoms with Crippen molar-refractivity contribution in [3.63, 3.8) is 0 Å². The predicted molar refractivity (Wildman–Crippen MR) is 38.3 cm³/mol. The number of fused-ring (bicyclic) bond motifs is 1. The summed E-state index contributed by atoms with van der Waals surface area (Å²) in [6, 6.07) is 0. The highest BCUT2D eigenvalue weighted by molar-refractivity contribution is 7.92. The molecule has 0 unspecified atom stereocenters. The van der Waals surface area contributed by atoms with Crippen LogP contribution in [-0.4, -0.2) is 18.4 Å². The first-order chi connectivity index (χ1) is 5.17. The molecule has 5 nitrogen and oxygen atoms in total. The standard InChI is InChI=1S/C5H5N3O2S/c9-11(10)2-5-4(8-11)1-6-3-7-5/h1,3,8H,2H2. The molecule has 2 rings (SSSR count). The number of hydrogen-bond acceptors (Lipinski definition) is 4. The van der Waals surface area contributed by atoms with Gasteiger partial charge in [0.2, 0.25) is 10.0 Å². The third kappa shape index (κ3) is 1.05. The summed E-state index contributed by atoms with van der Waals surface area (Å²) < 4.78 is 24.1. The molecule has 0 atom stereocenters. The molecule has 0 spiro atoms. The van der Waals surface area contributed by atoms with Crippen molar-refractivity contribution in [2.24, 2.45) is 0 Å². The van der Waals surface area contributed by atoms with Crippen LogP contribution in [0.25, 0.3) is 0 Å². The minimum Gasteiger partial charge on any atom is -0.280 e. The number of rotatable bonds is 0. The molecule has 1 aromatic rings. The maximum Gasteiger partial charge on any atom is 0.238 e. The first-order valence-electron chi connectivity index (χ1n) is 2.97. The Hall–Kier alpha value is -1.17. The van der Waals surface area contributed by atoms with Crippen molar-refractivity contribution in [3.8, 4) is 0 Å². The smallest absolute Gasteiger partial charge is 0.238 e. The highest BCUT2D eigenvalue weighted by Crippen LogP contribution is 2.22. The lowest BCUT2D eigenvalue weighted by molar-refractivity contribution is 0.602. The number of anilines is 1. The molecular weight excluding hydrogens is 166 g/mol. The van der Waals surface area contributed by atoms with Crippen LogP contribution in [0.3, 0.4) is 0 Å². The molecule has 1 aliphatic rings. The molecule has 0 amide bonds. The fourth-order valence-corrected chi connectivity index (χ4v) is 2.11. The molecule has 1 aromatic heterocycles. The van der Waals surface area contributed by atoms with Gasteiger partial charge in [-0.1, -0.05) is 0 Å². The third-order valence-corrected chi connectivity index (χ3v) is 2.57. The predicted octanol–water partition coefficient (Wildman–Crippen LogP) is -0.268. The normalized spacial score (nSPS) is 18.9. The summed E-state index contributed by atoms with van der Waals surface area (Å²) in [5.41, 5.74) is 1.03. The molecule has 0 radical (unpaired) electrons. The van der Waals surface area contributed by atoms with Crippen LogP contribution in [0, 0.1) is 0 Å². The molecule has 6 heteroatoms. The Labute approximate surface area is 63.5 Å². The zero-order chi connectivity index (χ0) is 7.90. The van der Waals surface area contributed by atoms with Crippen molar-refractivity contribution in [2.75, 3.05) is 4.72 Å². The molecule has 0 saturated carbocycles. The Morgan fingerprint density at radius 3 is 3.09 bits per heavy atom. The number of sulfonamides is 1. The molecule has 58 valence electrons. The van der Waals surface area contributed by atoms with Gasteiger partial charge in [0, 0.05) is 0 Å². The highest BCUT2D eigenvalue weighted by atomic mass is 32.2. The van der Waals surface area contributed by atoms with Crippen molar-refractivity contribution in [1.29, 1.82) is 0 Å². The van der Waals surface area contributed by atoms with Crippen LogP contribution in [0.1, 0.15) is 5.69 Å². The molecule has 2 heterocycles. The van der Waals surface area contributed by atoms with Gasteiger partial charge in [0.15, 0.2) is 0 Å². The Kier molecular flexibility index (Phi) is 1.14. The van der Waals surface area contributed by atoms with Gasteiger partial charge < -0.3 is 0 Å². The first kappa shape index (κ1) is 6.53. The van der Waals surface area contributed by atoms with Crippen molar-refractivity contribution in [1.82, 2.24) is 9.97 Å². The molecule has 11 heavy (non-hydrogen) atoms. The van der Waals surface area contributed by atoms with Gasteiger partial charge in [-0.15, -0.1) is 0 Å². The van der Waals surface area contributed by atoms with Crippen LogP contribution < -0.4 is 4.72 Å². The number of hydrogen-bond donors (Lipinski definition) is 1. The van der Waals surface area contributed by atoms with Gasteiger partial charge in [0.05, 0.1) is 17.6 Å². The zero-order valence-corrected chi connectivity index (χ0v) is 6.30. The van der Waals surface area contributed by atoms with Gasteiger partial charge in [-0.05, 0) is 0 Å². The lowest BCUT2D eigenvalue weighted by Gasteiger charge is -1.91. The van der Waals surface area contributed by atoms with E-state index in [4.69, 9.17) is 0 Å². The summed E-state index contributed by atoms with van der Waals surface area (Å²) in [5.74, 6) is -0.0369. The Morgan fingerprint density at radius 2 is 2.36 bits per heavy atom. The quantitative estimate of drug-likeness (QED) is 0.583. The van der Waals surface area contributed by atoms with E-state index in [0.717, 1.165) is 0 Å². The Balaban J connectivity index is 2.57. The SMILES string of the molecule is O=S1(=O)Cc2ncncc2N1. The van der Waals surface area contributed by atoms with Crippen molar-refractivity contribution >= 4 is 15.7 Å². The van der Waals surface area contributed by atoms with Crippen LogP contribution >= 0.6 is 0 Å². The Morgan fingerprint density at radius 1 is 1.55 bits per heavy atom. The summed E-state index contributed by atoms with van der Waals surface area (Å²) in [5, 5.41) is 0. The summed E-state index contributed by atoms with van der Waals surface area (Å²) in [6.45, 7) is 0. The average molecular weight is 171 g/mol. The van der Waals surface area contributed by atoms with E-state index in [1.54, 1.807) is 0 Å². The largest absolute Gasteiger partial charge is 0.280 e. The lowest BCUT2D eigenvalue weighted by atomic mass is 10.4. The molecule has 0 aromatic carbocycles. The van der Waals surface area contributed by atoms with Crippen molar-refractivity contribution < 1.29 is 8.42 Å². The van der Waals surface area contributed by atoms with E-state index in [0.29, 0.717) is 11.4 Å². The van der Waals surface area contributed by atoms with Crippen molar-refractivity contribution in [3.05, 3.63) is 18.2 Å². The fourth-order valence-electron chi connectivity index (χ4n) is 0.939. The summed E-state index contributed by atoms with van der Waals surface area (Å²) in [7, 11) is -3.16. The second kappa shape index (κ2) is 1.91. The highest BCUT2D eigenvalue weighted by Gasteiger charge is 2.24. The van der Waals surface area contributed by atoms with Crippen LogP contribution in [0.15, 0.2) is 12.5 Å². The molecule has 0 saturated heterocycles. The minimum atomic E-state index is -3.16. The number of nitrogens with zero attached hydrogens (tertiary/aromatic N) is 2. The summed E-state index contributed by atoms with van der Waals surface area (Å²) >= 11 is 0. The first-order valence-corrected chi connectivity index (χ1v) is 4.62. The minimum absolute atomic E-state index is 0.0369. The zero-order valence-electron chi connectivity index (χ0n) is 5.48. The maximum atomic E-state index is 10.9. The van der Waals surface area contributed by atoms with Crippen molar-refractivity contribution in [2.45, 2.75) is 5.75 Å². The van der Waals surface area contributed by atoms with E-state index < -0.39 is 10.0 Å². The monoisotopic (exact) mass is 171 g/mol. The second-order valence-corrected chi connectivity index (χ2v) is 3.97. The van der Waals surface area contributed by atoms with E-state index in [1.807, 2.05) is 0 Å². The average Bonchev–Trinajstić information content (AvgIpc) is 2.21. The molecule has 0 fully saturated rings. The van der Waals surface area contributed by atoms with Crippen LogP contribution in [0.4, 0.5) is 5.69 Å². The van der Waals surface area contributed by atoms with Gasteiger partial charge in [-0.25, -0.2) is 18.4 Å². The molecular formula is C5H5N3O2S. The van der Waals surface area contributed by atoms with Gasteiger partial charge in [-0.3, -0.25) is 4.72 Å². The number of nitrogens with one attached hydrogen (secondary N) is 1. The van der Waals surface area contributed by atoms with E-state index in [9.17, 15) is 8.42 Å². The van der Waals surface area contributed by atoms with E-state index in [-0.39, 0.29) is 5.75 Å². The van der Waals surface area contributed by atoms with Crippen LogP contribution in [0.2, 0.25) is 0 Å². The topological polar surface area (TPSA) is 72.0 Å². The second-order valence-electron chi connectivity index (χ2n) is 2.24. The Bertz CT molecular complexity index is 355. The van der Waals surface area contributed by atoms with E-state index in [2.05, 4.69) is 14.7 Å². The third-order valence-electron chi connectivity index (χ3n) is 1.39. The molecule has 1 aliphatic heterocycles. The number of aromatic nitrogens is 2. The van der Waals surface area contributed by atoms with E-state index in [1.165, 1.54) is 12.5 Å². The fraction of sp³-hybridized carbons (Fsp3) is 0.200. The van der Waals surface area contributed by atoms with Gasteiger partial charge >= 0.3 is 0 Å². The summed E-state index contributed by atoms with van der Waals surface area (Å²) in [4.78, 5) is 7.49. The summed E-state index contributed by atoms with van der Waals surface area (Å²) in [6.07, 6.45) is 2.79. The maximum absolute atomic E-state index is 10.9. The molecule has 0 aliphatic carbocycles. The van der Waals surface area contributed by atoms with Crippen LogP contribution in [0.5, 0.6) is 0 Å². The van der Waals surface area contributed by atoms with E-state index >= 15 is 0 Å². The van der Waals surface area contributed by atoms with Gasteiger partial charge in [0.25, 0.3) is 0 Å². The molecule has 0 bridgehead atoms.